The number of morpholine rings is 1. The lowest BCUT2D eigenvalue weighted by molar-refractivity contribution is -0.149. The summed E-state index contributed by atoms with van der Waals surface area (Å²) in [6.07, 6.45) is -0.654. The third-order valence-electron chi connectivity index (χ3n) is 4.52. The van der Waals surface area contributed by atoms with Crippen LogP contribution >= 0.6 is 0 Å². The second-order valence-corrected chi connectivity index (χ2v) is 8.03. The van der Waals surface area contributed by atoms with Gasteiger partial charge in [0.05, 0.1) is 25.9 Å². The van der Waals surface area contributed by atoms with Crippen molar-refractivity contribution in [3.63, 3.8) is 0 Å². The Balaban J connectivity index is 0.000000553. The molecule has 7 heteroatoms. The van der Waals surface area contributed by atoms with Gasteiger partial charge in [-0.3, -0.25) is 4.79 Å². The van der Waals surface area contributed by atoms with E-state index in [1.54, 1.807) is 20.8 Å². The minimum absolute atomic E-state index is 0.117. The van der Waals surface area contributed by atoms with Crippen molar-refractivity contribution in [3.8, 4) is 0 Å². The molecule has 0 bridgehead atoms. The monoisotopic (exact) mass is 422 g/mol. The molecule has 1 heterocycles. The summed E-state index contributed by atoms with van der Waals surface area (Å²) in [4.78, 5) is 27.7. The van der Waals surface area contributed by atoms with Crippen LogP contribution in [0.1, 0.15) is 47.1 Å². The SMILES string of the molecule is CC(C)(C)OC(=O)N1C(=O)COC[C@@H]1COCc1ccccc1.CCN(CC)CC. The number of hydrogen-bond donors (Lipinski definition) is 0. The summed E-state index contributed by atoms with van der Waals surface area (Å²) in [7, 11) is 0. The molecular weight excluding hydrogens is 384 g/mol. The van der Waals surface area contributed by atoms with Crippen LogP contribution in [-0.2, 0) is 25.6 Å². The number of benzene rings is 1. The molecule has 0 spiro atoms. The number of imide groups is 1. The molecule has 2 amide bonds. The zero-order valence-corrected chi connectivity index (χ0v) is 19.3. The molecule has 1 aromatic rings. The van der Waals surface area contributed by atoms with Crippen molar-refractivity contribution in [2.75, 3.05) is 39.5 Å². The molecule has 2 rings (SSSR count). The predicted molar refractivity (Wildman–Crippen MR) is 117 cm³/mol. The van der Waals surface area contributed by atoms with E-state index >= 15 is 0 Å². The van der Waals surface area contributed by atoms with E-state index in [1.807, 2.05) is 30.3 Å². The molecule has 1 aliphatic rings. The van der Waals surface area contributed by atoms with Crippen molar-refractivity contribution >= 4 is 12.0 Å². The first-order valence-electron chi connectivity index (χ1n) is 10.7. The number of rotatable bonds is 7. The first-order valence-corrected chi connectivity index (χ1v) is 10.7. The first-order chi connectivity index (χ1) is 14.2. The van der Waals surface area contributed by atoms with Gasteiger partial charge >= 0.3 is 6.09 Å². The average Bonchev–Trinajstić information content (AvgIpc) is 2.69. The van der Waals surface area contributed by atoms with E-state index in [9.17, 15) is 9.59 Å². The minimum Gasteiger partial charge on any atom is -0.443 e. The van der Waals surface area contributed by atoms with Gasteiger partial charge in [0.25, 0.3) is 5.91 Å². The minimum atomic E-state index is -0.662. The summed E-state index contributed by atoms with van der Waals surface area (Å²) in [6, 6.07) is 9.22. The van der Waals surface area contributed by atoms with Gasteiger partial charge in [-0.25, -0.2) is 9.69 Å². The van der Waals surface area contributed by atoms with Gasteiger partial charge < -0.3 is 19.1 Å². The van der Waals surface area contributed by atoms with Crippen LogP contribution in [0.5, 0.6) is 0 Å². The average molecular weight is 423 g/mol. The highest BCUT2D eigenvalue weighted by Gasteiger charge is 2.36. The van der Waals surface area contributed by atoms with Crippen LogP contribution in [0.2, 0.25) is 0 Å². The van der Waals surface area contributed by atoms with Crippen LogP contribution in [-0.4, -0.2) is 72.9 Å². The van der Waals surface area contributed by atoms with Crippen molar-refractivity contribution in [3.05, 3.63) is 35.9 Å². The fraction of sp³-hybridized carbons (Fsp3) is 0.652. The maximum atomic E-state index is 12.2. The molecule has 0 aliphatic carbocycles. The zero-order chi connectivity index (χ0) is 22.6. The van der Waals surface area contributed by atoms with E-state index in [4.69, 9.17) is 14.2 Å². The van der Waals surface area contributed by atoms with E-state index in [1.165, 1.54) is 19.6 Å². The van der Waals surface area contributed by atoms with Crippen LogP contribution in [0, 0.1) is 0 Å². The topological polar surface area (TPSA) is 68.3 Å². The maximum Gasteiger partial charge on any atom is 0.417 e. The zero-order valence-electron chi connectivity index (χ0n) is 19.3. The number of amides is 2. The number of nitrogens with zero attached hydrogens (tertiary/aromatic N) is 2. The van der Waals surface area contributed by atoms with Crippen LogP contribution in [0.4, 0.5) is 4.79 Å². The lowest BCUT2D eigenvalue weighted by atomic mass is 10.2. The van der Waals surface area contributed by atoms with Crippen LogP contribution in [0.3, 0.4) is 0 Å². The number of ether oxygens (including phenoxy) is 3. The Hall–Kier alpha value is -1.96. The second-order valence-electron chi connectivity index (χ2n) is 8.03. The molecule has 0 saturated carbocycles. The van der Waals surface area contributed by atoms with Gasteiger partial charge in [0.15, 0.2) is 0 Å². The summed E-state index contributed by atoms with van der Waals surface area (Å²) in [5.74, 6) is -0.404. The molecule has 170 valence electrons. The molecule has 1 fully saturated rings. The van der Waals surface area contributed by atoms with Gasteiger partial charge in [0, 0.05) is 0 Å². The van der Waals surface area contributed by atoms with Crippen molar-refractivity contribution in [1.82, 2.24) is 9.80 Å². The third-order valence-corrected chi connectivity index (χ3v) is 4.52. The summed E-state index contributed by atoms with van der Waals surface area (Å²) in [5.41, 5.74) is 0.366. The lowest BCUT2D eigenvalue weighted by Gasteiger charge is -2.34. The van der Waals surface area contributed by atoms with Crippen LogP contribution in [0.15, 0.2) is 30.3 Å². The number of hydrogen-bond acceptors (Lipinski definition) is 6. The number of carbonyl (C=O) groups is 2. The molecule has 1 aromatic carbocycles. The standard InChI is InChI=1S/C17H23NO5.C6H15N/c1-17(2,3)23-16(20)18-14(11-22-12-15(18)19)10-21-9-13-7-5-4-6-8-13;1-4-7(5-2)6-3/h4-8,14H,9-12H2,1-3H3;4-6H2,1-3H3/t14-;/m0./s1. The van der Waals surface area contributed by atoms with Gasteiger partial charge in [0.1, 0.15) is 12.2 Å². The fourth-order valence-electron chi connectivity index (χ4n) is 2.87. The second kappa shape index (κ2) is 13.4. The Morgan fingerprint density at radius 1 is 1.13 bits per heavy atom. The Bertz CT molecular complexity index is 621. The van der Waals surface area contributed by atoms with E-state index in [2.05, 4.69) is 25.7 Å². The molecule has 0 aromatic heterocycles. The largest absolute Gasteiger partial charge is 0.443 e. The molecule has 1 saturated heterocycles. The molecule has 7 nitrogen and oxygen atoms in total. The highest BCUT2D eigenvalue weighted by molar-refractivity contribution is 5.93. The molecular formula is C23H38N2O5. The smallest absolute Gasteiger partial charge is 0.417 e. The molecule has 0 radical (unpaired) electrons. The van der Waals surface area contributed by atoms with E-state index in [0.717, 1.165) is 10.5 Å². The highest BCUT2D eigenvalue weighted by atomic mass is 16.6. The maximum absolute atomic E-state index is 12.2. The first kappa shape index (κ1) is 26.1. The van der Waals surface area contributed by atoms with E-state index in [-0.39, 0.29) is 19.8 Å². The van der Waals surface area contributed by atoms with Gasteiger partial charge in [-0.1, -0.05) is 51.1 Å². The summed E-state index contributed by atoms with van der Waals surface area (Å²) in [6.45, 7) is 16.2. The van der Waals surface area contributed by atoms with Crippen molar-refractivity contribution in [2.45, 2.75) is 59.8 Å². The molecule has 0 N–H and O–H groups in total. The summed E-state index contributed by atoms with van der Waals surface area (Å²) in [5, 5.41) is 0. The fourth-order valence-corrected chi connectivity index (χ4v) is 2.87. The van der Waals surface area contributed by atoms with Gasteiger partial charge in [-0.2, -0.15) is 0 Å². The van der Waals surface area contributed by atoms with Crippen molar-refractivity contribution in [2.24, 2.45) is 0 Å². The van der Waals surface area contributed by atoms with Crippen molar-refractivity contribution in [1.29, 1.82) is 0 Å². The van der Waals surface area contributed by atoms with Gasteiger partial charge in [-0.05, 0) is 46.0 Å². The molecule has 1 atom stereocenters. The summed E-state index contributed by atoms with van der Waals surface area (Å²) < 4.78 is 16.2. The molecule has 30 heavy (non-hydrogen) atoms. The Kier molecular flexibility index (Phi) is 11.6. The number of carbonyl (C=O) groups excluding carboxylic acids is 2. The van der Waals surface area contributed by atoms with Crippen LogP contribution in [0.25, 0.3) is 0 Å². The van der Waals surface area contributed by atoms with Crippen molar-refractivity contribution < 1.29 is 23.8 Å². The predicted octanol–water partition coefficient (Wildman–Crippen LogP) is 3.71. The molecule has 1 aliphatic heterocycles. The van der Waals surface area contributed by atoms with E-state index in [0.29, 0.717) is 6.61 Å². The quantitative estimate of drug-likeness (QED) is 0.667. The van der Waals surface area contributed by atoms with Gasteiger partial charge in [0.2, 0.25) is 0 Å². The lowest BCUT2D eigenvalue weighted by Crippen LogP contribution is -2.55. The highest BCUT2D eigenvalue weighted by Crippen LogP contribution is 2.16. The Morgan fingerprint density at radius 3 is 2.23 bits per heavy atom. The summed E-state index contributed by atoms with van der Waals surface area (Å²) >= 11 is 0. The Labute approximate surface area is 181 Å². The third kappa shape index (κ3) is 9.69. The molecule has 0 unspecified atom stereocenters. The normalized spacial score (nSPS) is 16.8. The van der Waals surface area contributed by atoms with E-state index < -0.39 is 23.6 Å². The Morgan fingerprint density at radius 2 is 1.73 bits per heavy atom. The van der Waals surface area contributed by atoms with Gasteiger partial charge in [-0.15, -0.1) is 0 Å². The van der Waals surface area contributed by atoms with Crippen LogP contribution < -0.4 is 0 Å².